The number of rotatable bonds is 7. The van der Waals surface area contributed by atoms with Gasteiger partial charge in [0.1, 0.15) is 23.4 Å². The zero-order valence-electron chi connectivity index (χ0n) is 17.6. The van der Waals surface area contributed by atoms with Gasteiger partial charge in [-0.1, -0.05) is 24.3 Å². The minimum absolute atomic E-state index is 0.117. The fourth-order valence-electron chi connectivity index (χ4n) is 3.80. The van der Waals surface area contributed by atoms with E-state index in [4.69, 9.17) is 5.73 Å². The molecule has 4 rings (SSSR count). The summed E-state index contributed by atoms with van der Waals surface area (Å²) in [5.74, 6) is -1.46. The van der Waals surface area contributed by atoms with E-state index < -0.39 is 23.6 Å². The first-order valence-corrected chi connectivity index (χ1v) is 10.00. The smallest absolute Gasteiger partial charge is 0.287 e. The molecule has 0 aliphatic carbocycles. The van der Waals surface area contributed by atoms with Crippen LogP contribution in [0.5, 0.6) is 0 Å². The molecule has 162 valence electrons. The number of Topliss-reactive ketones (excluding diaryl/α,β-unsaturated/α-hetero) is 1. The molecule has 0 aliphatic heterocycles. The molecular formula is C23H22N6O3. The predicted octanol–water partition coefficient (Wildman–Crippen LogP) is 1.46. The molecule has 3 N–H and O–H groups in total. The summed E-state index contributed by atoms with van der Waals surface area (Å²) in [5.41, 5.74) is 7.26. The SMILES string of the molecule is Cc1ncc(C(=O)NC(Cc2cn(C)c3ccccc23)C(=O)C(N)=O)n1-c1ccccn1. The number of nitrogens with zero attached hydrogens (tertiary/aromatic N) is 4. The maximum absolute atomic E-state index is 13.1. The number of amides is 2. The molecule has 1 aromatic carbocycles. The lowest BCUT2D eigenvalue weighted by atomic mass is 10.0. The summed E-state index contributed by atoms with van der Waals surface area (Å²) in [6, 6.07) is 11.9. The zero-order chi connectivity index (χ0) is 22.8. The van der Waals surface area contributed by atoms with E-state index in [1.54, 1.807) is 35.9 Å². The number of para-hydroxylation sites is 1. The monoisotopic (exact) mass is 430 g/mol. The summed E-state index contributed by atoms with van der Waals surface area (Å²) in [6.07, 6.45) is 5.01. The van der Waals surface area contributed by atoms with E-state index in [9.17, 15) is 14.4 Å². The number of carbonyl (C=O) groups excluding carboxylic acids is 3. The highest BCUT2D eigenvalue weighted by atomic mass is 16.2. The Bertz CT molecular complexity index is 1320. The average molecular weight is 430 g/mol. The summed E-state index contributed by atoms with van der Waals surface area (Å²) in [4.78, 5) is 45.9. The molecule has 0 saturated carbocycles. The van der Waals surface area contributed by atoms with Crippen LogP contribution in [0.15, 0.2) is 61.1 Å². The van der Waals surface area contributed by atoms with Crippen LogP contribution in [0.1, 0.15) is 21.9 Å². The Labute approximate surface area is 183 Å². The molecule has 9 heteroatoms. The van der Waals surface area contributed by atoms with E-state index >= 15 is 0 Å². The fourth-order valence-corrected chi connectivity index (χ4v) is 3.80. The van der Waals surface area contributed by atoms with Gasteiger partial charge in [-0.3, -0.25) is 19.0 Å². The van der Waals surface area contributed by atoms with Gasteiger partial charge in [-0.2, -0.15) is 0 Å². The molecule has 2 amide bonds. The summed E-state index contributed by atoms with van der Waals surface area (Å²) in [5, 5.41) is 3.60. The third kappa shape index (κ3) is 3.87. The number of hydrogen-bond acceptors (Lipinski definition) is 5. The van der Waals surface area contributed by atoms with E-state index in [0.29, 0.717) is 11.6 Å². The number of carbonyl (C=O) groups is 3. The Morgan fingerprint density at radius 3 is 2.56 bits per heavy atom. The molecule has 0 saturated heterocycles. The van der Waals surface area contributed by atoms with E-state index in [-0.39, 0.29) is 12.1 Å². The second kappa shape index (κ2) is 8.46. The molecule has 0 bridgehead atoms. The van der Waals surface area contributed by atoms with Gasteiger partial charge in [-0.05, 0) is 30.7 Å². The zero-order valence-corrected chi connectivity index (χ0v) is 17.6. The lowest BCUT2D eigenvalue weighted by Crippen LogP contribution is -2.47. The van der Waals surface area contributed by atoms with Gasteiger partial charge in [0.05, 0.1) is 6.20 Å². The maximum Gasteiger partial charge on any atom is 0.287 e. The van der Waals surface area contributed by atoms with Gasteiger partial charge in [0, 0.05) is 36.8 Å². The number of imidazole rings is 1. The molecule has 0 radical (unpaired) electrons. The van der Waals surface area contributed by atoms with Crippen LogP contribution < -0.4 is 11.1 Å². The molecule has 1 unspecified atom stereocenters. The van der Waals surface area contributed by atoms with Crippen molar-refractivity contribution in [3.05, 3.63) is 78.1 Å². The minimum atomic E-state index is -1.13. The van der Waals surface area contributed by atoms with Gasteiger partial charge in [-0.15, -0.1) is 0 Å². The van der Waals surface area contributed by atoms with Crippen molar-refractivity contribution in [1.82, 2.24) is 24.4 Å². The lowest BCUT2D eigenvalue weighted by Gasteiger charge is -2.17. The summed E-state index contributed by atoms with van der Waals surface area (Å²) in [6.45, 7) is 1.74. The molecule has 9 nitrogen and oxygen atoms in total. The molecule has 1 atom stereocenters. The van der Waals surface area contributed by atoms with Gasteiger partial charge in [-0.25, -0.2) is 9.97 Å². The van der Waals surface area contributed by atoms with Crippen molar-refractivity contribution in [3.63, 3.8) is 0 Å². The third-order valence-corrected chi connectivity index (χ3v) is 5.32. The Hall–Kier alpha value is -4.27. The second-order valence-corrected chi connectivity index (χ2v) is 7.46. The number of aryl methyl sites for hydroxylation is 2. The largest absolute Gasteiger partial charge is 0.363 e. The van der Waals surface area contributed by atoms with Gasteiger partial charge in [0.25, 0.3) is 11.8 Å². The highest BCUT2D eigenvalue weighted by Crippen LogP contribution is 2.22. The molecule has 3 heterocycles. The predicted molar refractivity (Wildman–Crippen MR) is 118 cm³/mol. The molecular weight excluding hydrogens is 408 g/mol. The van der Waals surface area contributed by atoms with Crippen molar-refractivity contribution in [2.75, 3.05) is 0 Å². The first-order chi connectivity index (χ1) is 15.4. The number of benzene rings is 1. The highest BCUT2D eigenvalue weighted by Gasteiger charge is 2.28. The quantitative estimate of drug-likeness (QED) is 0.430. The lowest BCUT2D eigenvalue weighted by molar-refractivity contribution is -0.137. The van der Waals surface area contributed by atoms with E-state index in [2.05, 4.69) is 15.3 Å². The third-order valence-electron chi connectivity index (χ3n) is 5.32. The Kier molecular flexibility index (Phi) is 5.55. The highest BCUT2D eigenvalue weighted by molar-refractivity contribution is 6.38. The molecule has 0 aliphatic rings. The van der Waals surface area contributed by atoms with Crippen molar-refractivity contribution in [1.29, 1.82) is 0 Å². The molecule has 0 fully saturated rings. The number of nitrogens with two attached hydrogens (primary N) is 1. The van der Waals surface area contributed by atoms with Gasteiger partial charge >= 0.3 is 0 Å². The minimum Gasteiger partial charge on any atom is -0.363 e. The first kappa shape index (κ1) is 21.0. The number of primary amides is 1. The number of fused-ring (bicyclic) bond motifs is 1. The van der Waals surface area contributed by atoms with Gasteiger partial charge in [0.2, 0.25) is 5.78 Å². The number of nitrogens with one attached hydrogen (secondary N) is 1. The molecule has 32 heavy (non-hydrogen) atoms. The number of aromatic nitrogens is 4. The van der Waals surface area contributed by atoms with Crippen molar-refractivity contribution >= 4 is 28.5 Å². The van der Waals surface area contributed by atoms with E-state index in [1.807, 2.05) is 42.1 Å². The van der Waals surface area contributed by atoms with Crippen LogP contribution in [0.2, 0.25) is 0 Å². The molecule has 0 spiro atoms. The van der Waals surface area contributed by atoms with Crippen molar-refractivity contribution in [2.24, 2.45) is 12.8 Å². The van der Waals surface area contributed by atoms with Crippen LogP contribution in [-0.2, 0) is 23.1 Å². The summed E-state index contributed by atoms with van der Waals surface area (Å²) in [7, 11) is 1.89. The van der Waals surface area contributed by atoms with Crippen molar-refractivity contribution < 1.29 is 14.4 Å². The van der Waals surface area contributed by atoms with E-state index in [0.717, 1.165) is 16.5 Å². The average Bonchev–Trinajstić information content (AvgIpc) is 3.33. The van der Waals surface area contributed by atoms with Gasteiger partial charge in [0.15, 0.2) is 0 Å². The number of ketones is 1. The van der Waals surface area contributed by atoms with Gasteiger partial charge < -0.3 is 15.6 Å². The van der Waals surface area contributed by atoms with Crippen LogP contribution in [0.4, 0.5) is 0 Å². The Morgan fingerprint density at radius 1 is 1.09 bits per heavy atom. The van der Waals surface area contributed by atoms with Crippen LogP contribution in [0.3, 0.4) is 0 Å². The summed E-state index contributed by atoms with van der Waals surface area (Å²) < 4.78 is 3.51. The van der Waals surface area contributed by atoms with Crippen LogP contribution in [0, 0.1) is 6.92 Å². The van der Waals surface area contributed by atoms with Crippen LogP contribution in [0.25, 0.3) is 16.7 Å². The molecule has 3 aromatic heterocycles. The normalized spacial score (nSPS) is 11.9. The van der Waals surface area contributed by atoms with Crippen molar-refractivity contribution in [2.45, 2.75) is 19.4 Å². The Balaban J connectivity index is 1.67. The van der Waals surface area contributed by atoms with Crippen molar-refractivity contribution in [3.8, 4) is 5.82 Å². The first-order valence-electron chi connectivity index (χ1n) is 10.00. The topological polar surface area (TPSA) is 125 Å². The maximum atomic E-state index is 13.1. The number of pyridine rings is 1. The molecule has 4 aromatic rings. The van der Waals surface area contributed by atoms with Crippen LogP contribution >= 0.6 is 0 Å². The second-order valence-electron chi connectivity index (χ2n) is 7.46. The standard InChI is InChI=1S/C23H22N6O3/c1-14-26-12-19(29(14)20-9-5-6-10-25-20)23(32)27-17(21(30)22(24)31)11-15-13-28(2)18-8-4-3-7-16(15)18/h3-10,12-13,17H,11H2,1-2H3,(H2,24,31)(H,27,32). The summed E-state index contributed by atoms with van der Waals surface area (Å²) >= 11 is 0. The number of hydrogen-bond donors (Lipinski definition) is 2. The fraction of sp³-hybridized carbons (Fsp3) is 0.174. The van der Waals surface area contributed by atoms with E-state index in [1.165, 1.54) is 6.20 Å². The van der Waals surface area contributed by atoms with Crippen LogP contribution in [-0.4, -0.2) is 42.7 Å². The Morgan fingerprint density at radius 2 is 1.84 bits per heavy atom.